The first-order valence-electron chi connectivity index (χ1n) is 7.75. The zero-order valence-corrected chi connectivity index (χ0v) is 14.2. The average Bonchev–Trinajstić information content (AvgIpc) is 2.57. The van der Waals surface area contributed by atoms with Crippen LogP contribution in [0.2, 0.25) is 0 Å². The van der Waals surface area contributed by atoms with Crippen molar-refractivity contribution in [2.75, 3.05) is 5.88 Å². The highest BCUT2D eigenvalue weighted by atomic mass is 35.5. The summed E-state index contributed by atoms with van der Waals surface area (Å²) >= 11 is 5.59. The third kappa shape index (κ3) is 5.10. The molecule has 0 saturated heterocycles. The molecule has 0 unspecified atom stereocenters. The second-order valence-corrected chi connectivity index (χ2v) is 5.65. The van der Waals surface area contributed by atoms with E-state index in [1.54, 1.807) is 36.4 Å². The molecule has 0 N–H and O–H groups in total. The van der Waals surface area contributed by atoms with E-state index in [2.05, 4.69) is 0 Å². The number of unbranched alkanes of at least 4 members (excludes halogenated alkanes) is 1. The van der Waals surface area contributed by atoms with Gasteiger partial charge in [0.05, 0.1) is 5.56 Å². The Bertz CT molecular complexity index is 712. The summed E-state index contributed by atoms with van der Waals surface area (Å²) in [5.41, 5.74) is 1.29. The average molecular weight is 347 g/mol. The second-order valence-electron chi connectivity index (χ2n) is 5.27. The van der Waals surface area contributed by atoms with E-state index in [-0.39, 0.29) is 23.9 Å². The van der Waals surface area contributed by atoms with Crippen LogP contribution in [0, 0.1) is 6.92 Å². The van der Waals surface area contributed by atoms with E-state index >= 15 is 0 Å². The molecule has 2 aromatic rings. The van der Waals surface area contributed by atoms with Crippen molar-refractivity contribution in [3.05, 3.63) is 59.7 Å². The van der Waals surface area contributed by atoms with Crippen molar-refractivity contribution >= 4 is 23.5 Å². The highest BCUT2D eigenvalue weighted by Gasteiger charge is 2.15. The molecule has 126 valence electrons. The number of para-hydroxylation sites is 2. The molecule has 0 spiro atoms. The molecule has 4 nitrogen and oxygen atoms in total. The van der Waals surface area contributed by atoms with E-state index in [9.17, 15) is 9.59 Å². The Hall–Kier alpha value is -2.33. The fraction of sp³-hybridized carbons (Fsp3) is 0.263. The third-order valence-corrected chi connectivity index (χ3v) is 3.67. The summed E-state index contributed by atoms with van der Waals surface area (Å²) in [6.07, 6.45) is 1.68. The van der Waals surface area contributed by atoms with Crippen molar-refractivity contribution in [3.8, 4) is 11.5 Å². The normalized spacial score (nSPS) is 10.2. The van der Waals surface area contributed by atoms with Gasteiger partial charge in [-0.05, 0) is 43.5 Å². The van der Waals surface area contributed by atoms with E-state index in [1.165, 1.54) is 0 Å². The standard InChI is InChI=1S/C19H19ClO4/c1-14-8-2-3-9-15(14)19(22)24-17-11-5-4-10-16(17)23-18(21)12-6-7-13-20/h2-5,8-11H,6-7,12-13H2,1H3. The van der Waals surface area contributed by atoms with Gasteiger partial charge >= 0.3 is 11.9 Å². The smallest absolute Gasteiger partial charge is 0.343 e. The Balaban J connectivity index is 2.07. The van der Waals surface area contributed by atoms with Gasteiger partial charge in [0.2, 0.25) is 0 Å². The lowest BCUT2D eigenvalue weighted by Crippen LogP contribution is -2.13. The van der Waals surface area contributed by atoms with Gasteiger partial charge in [-0.15, -0.1) is 11.6 Å². The predicted octanol–water partition coefficient (Wildman–Crippen LogP) is 4.53. The Labute approximate surface area is 146 Å². The number of carbonyl (C=O) groups is 2. The molecule has 24 heavy (non-hydrogen) atoms. The first-order valence-corrected chi connectivity index (χ1v) is 8.28. The van der Waals surface area contributed by atoms with E-state index in [0.29, 0.717) is 17.9 Å². The van der Waals surface area contributed by atoms with Crippen molar-refractivity contribution in [2.45, 2.75) is 26.2 Å². The molecule has 2 aromatic carbocycles. The van der Waals surface area contributed by atoms with Gasteiger partial charge in [0, 0.05) is 12.3 Å². The third-order valence-electron chi connectivity index (χ3n) is 3.41. The van der Waals surface area contributed by atoms with Gasteiger partial charge in [-0.25, -0.2) is 4.79 Å². The van der Waals surface area contributed by atoms with Crippen LogP contribution in [-0.4, -0.2) is 17.8 Å². The predicted molar refractivity (Wildman–Crippen MR) is 92.8 cm³/mol. The summed E-state index contributed by atoms with van der Waals surface area (Å²) in [4.78, 5) is 24.2. The van der Waals surface area contributed by atoms with Gasteiger partial charge < -0.3 is 9.47 Å². The van der Waals surface area contributed by atoms with Crippen LogP contribution >= 0.6 is 11.6 Å². The summed E-state index contributed by atoms with van der Waals surface area (Å²) in [6.45, 7) is 1.83. The van der Waals surface area contributed by atoms with E-state index in [1.807, 2.05) is 19.1 Å². The fourth-order valence-electron chi connectivity index (χ4n) is 2.11. The van der Waals surface area contributed by atoms with Crippen molar-refractivity contribution in [1.29, 1.82) is 0 Å². The Morgan fingerprint density at radius 1 is 0.917 bits per heavy atom. The summed E-state index contributed by atoms with van der Waals surface area (Å²) < 4.78 is 10.7. The summed E-state index contributed by atoms with van der Waals surface area (Å²) in [6, 6.07) is 13.8. The van der Waals surface area contributed by atoms with Crippen molar-refractivity contribution < 1.29 is 19.1 Å². The lowest BCUT2D eigenvalue weighted by molar-refractivity contribution is -0.134. The van der Waals surface area contributed by atoms with Crippen LogP contribution in [0.3, 0.4) is 0 Å². The quantitative estimate of drug-likeness (QED) is 0.320. The van der Waals surface area contributed by atoms with Crippen LogP contribution in [0.4, 0.5) is 0 Å². The van der Waals surface area contributed by atoms with Crippen molar-refractivity contribution in [3.63, 3.8) is 0 Å². The molecule has 0 atom stereocenters. The lowest BCUT2D eigenvalue weighted by atomic mass is 10.1. The van der Waals surface area contributed by atoms with Gasteiger partial charge in [0.15, 0.2) is 11.5 Å². The Kier molecular flexibility index (Phi) is 6.82. The molecular weight excluding hydrogens is 328 g/mol. The molecule has 0 aliphatic heterocycles. The summed E-state index contributed by atoms with van der Waals surface area (Å²) in [5, 5.41) is 0. The van der Waals surface area contributed by atoms with Gasteiger partial charge in [0.25, 0.3) is 0 Å². The molecule has 0 aromatic heterocycles. The van der Waals surface area contributed by atoms with Gasteiger partial charge in [0.1, 0.15) is 0 Å². The van der Waals surface area contributed by atoms with Crippen LogP contribution in [-0.2, 0) is 4.79 Å². The van der Waals surface area contributed by atoms with Crippen LogP contribution in [0.15, 0.2) is 48.5 Å². The SMILES string of the molecule is Cc1ccccc1C(=O)Oc1ccccc1OC(=O)CCCCCl. The number of alkyl halides is 1. The van der Waals surface area contributed by atoms with Crippen LogP contribution in [0.1, 0.15) is 35.2 Å². The minimum atomic E-state index is -0.487. The first kappa shape index (κ1) is 18.0. The Morgan fingerprint density at radius 2 is 1.54 bits per heavy atom. The number of ether oxygens (including phenoxy) is 2. The first-order chi connectivity index (χ1) is 11.6. The number of hydrogen-bond acceptors (Lipinski definition) is 4. The van der Waals surface area contributed by atoms with Crippen LogP contribution in [0.25, 0.3) is 0 Å². The minimum Gasteiger partial charge on any atom is -0.423 e. The number of carbonyl (C=O) groups excluding carboxylic acids is 2. The maximum absolute atomic E-state index is 12.3. The van der Waals surface area contributed by atoms with E-state index in [4.69, 9.17) is 21.1 Å². The van der Waals surface area contributed by atoms with Crippen molar-refractivity contribution in [2.24, 2.45) is 0 Å². The number of esters is 2. The molecule has 0 aliphatic rings. The number of rotatable bonds is 7. The molecule has 2 rings (SSSR count). The Morgan fingerprint density at radius 3 is 2.21 bits per heavy atom. The van der Waals surface area contributed by atoms with Gasteiger partial charge in [-0.1, -0.05) is 30.3 Å². The molecule has 0 amide bonds. The molecule has 0 fully saturated rings. The topological polar surface area (TPSA) is 52.6 Å². The highest BCUT2D eigenvalue weighted by molar-refractivity contribution is 6.17. The summed E-state index contributed by atoms with van der Waals surface area (Å²) in [5.74, 6) is 0.0998. The van der Waals surface area contributed by atoms with Crippen LogP contribution in [0.5, 0.6) is 11.5 Å². The molecule has 0 radical (unpaired) electrons. The fourth-order valence-corrected chi connectivity index (χ4v) is 2.30. The number of hydrogen-bond donors (Lipinski definition) is 0. The largest absolute Gasteiger partial charge is 0.423 e. The monoisotopic (exact) mass is 346 g/mol. The number of benzene rings is 2. The highest BCUT2D eigenvalue weighted by Crippen LogP contribution is 2.28. The molecule has 0 heterocycles. The molecule has 5 heteroatoms. The van der Waals surface area contributed by atoms with Crippen molar-refractivity contribution in [1.82, 2.24) is 0 Å². The number of aryl methyl sites for hydroxylation is 1. The molecule has 0 saturated carbocycles. The zero-order valence-electron chi connectivity index (χ0n) is 13.5. The maximum atomic E-state index is 12.3. The van der Waals surface area contributed by atoms with Gasteiger partial charge in [-0.2, -0.15) is 0 Å². The van der Waals surface area contributed by atoms with E-state index < -0.39 is 5.97 Å². The van der Waals surface area contributed by atoms with Gasteiger partial charge in [-0.3, -0.25) is 4.79 Å². The molecule has 0 bridgehead atoms. The maximum Gasteiger partial charge on any atom is 0.343 e. The minimum absolute atomic E-state index is 0.219. The number of halogens is 1. The molecular formula is C19H19ClO4. The summed E-state index contributed by atoms with van der Waals surface area (Å²) in [7, 11) is 0. The van der Waals surface area contributed by atoms with E-state index in [0.717, 1.165) is 12.0 Å². The zero-order chi connectivity index (χ0) is 17.4. The molecule has 0 aliphatic carbocycles. The second kappa shape index (κ2) is 9.08. The lowest BCUT2D eigenvalue weighted by Gasteiger charge is -2.11. The van der Waals surface area contributed by atoms with Crippen LogP contribution < -0.4 is 9.47 Å².